The van der Waals surface area contributed by atoms with E-state index in [2.05, 4.69) is 18.8 Å². The van der Waals surface area contributed by atoms with Crippen molar-refractivity contribution in [3.8, 4) is 0 Å². The van der Waals surface area contributed by atoms with E-state index in [9.17, 15) is 4.79 Å². The lowest BCUT2D eigenvalue weighted by atomic mass is 10.0. The summed E-state index contributed by atoms with van der Waals surface area (Å²) in [7, 11) is 0. The molecule has 2 heterocycles. The molecule has 0 saturated carbocycles. The highest BCUT2D eigenvalue weighted by Crippen LogP contribution is 2.20. The summed E-state index contributed by atoms with van der Waals surface area (Å²) >= 11 is 1.24. The van der Waals surface area contributed by atoms with E-state index in [-0.39, 0.29) is 12.0 Å². The first kappa shape index (κ1) is 13.3. The molecule has 100 valence electrons. The predicted octanol–water partition coefficient (Wildman–Crippen LogP) is 1.61. The number of morpholine rings is 1. The van der Waals surface area contributed by atoms with Gasteiger partial charge in [0.1, 0.15) is 4.88 Å². The van der Waals surface area contributed by atoms with E-state index < -0.39 is 0 Å². The van der Waals surface area contributed by atoms with Crippen LogP contribution >= 0.6 is 11.3 Å². The molecule has 1 fully saturated rings. The fourth-order valence-corrected chi connectivity index (χ4v) is 2.77. The first-order valence-electron chi connectivity index (χ1n) is 6.18. The van der Waals surface area contributed by atoms with Crippen LogP contribution in [0.1, 0.15) is 29.9 Å². The van der Waals surface area contributed by atoms with Gasteiger partial charge in [0.15, 0.2) is 5.13 Å². The molecule has 0 aromatic carbocycles. The van der Waals surface area contributed by atoms with Gasteiger partial charge in [-0.3, -0.25) is 4.79 Å². The highest BCUT2D eigenvalue weighted by atomic mass is 32.1. The Hall–Kier alpha value is -1.14. The van der Waals surface area contributed by atoms with Gasteiger partial charge in [0, 0.05) is 13.1 Å². The summed E-state index contributed by atoms with van der Waals surface area (Å²) in [6.45, 7) is 6.24. The van der Waals surface area contributed by atoms with Crippen LogP contribution in [0.25, 0.3) is 0 Å². The summed E-state index contributed by atoms with van der Waals surface area (Å²) in [5.74, 6) is 0.588. The van der Waals surface area contributed by atoms with E-state index in [1.807, 2.05) is 4.90 Å². The normalized spacial score (nSPS) is 20.4. The number of ether oxygens (including phenoxy) is 1. The van der Waals surface area contributed by atoms with Crippen molar-refractivity contribution in [2.24, 2.45) is 5.92 Å². The van der Waals surface area contributed by atoms with Crippen LogP contribution in [-0.4, -0.2) is 41.6 Å². The molecule has 0 spiro atoms. The van der Waals surface area contributed by atoms with Gasteiger partial charge in [-0.05, 0) is 12.3 Å². The van der Waals surface area contributed by atoms with Gasteiger partial charge in [-0.25, -0.2) is 4.98 Å². The number of thiazole rings is 1. The third-order valence-corrected chi connectivity index (χ3v) is 3.71. The first-order valence-corrected chi connectivity index (χ1v) is 7.00. The summed E-state index contributed by atoms with van der Waals surface area (Å²) in [5.41, 5.74) is 5.55. The van der Waals surface area contributed by atoms with Crippen LogP contribution < -0.4 is 5.73 Å². The smallest absolute Gasteiger partial charge is 0.265 e. The Morgan fingerprint density at radius 2 is 2.50 bits per heavy atom. The minimum Gasteiger partial charge on any atom is -0.375 e. The second kappa shape index (κ2) is 5.67. The fourth-order valence-electron chi connectivity index (χ4n) is 2.11. The molecule has 1 atom stereocenters. The van der Waals surface area contributed by atoms with Crippen molar-refractivity contribution >= 4 is 22.4 Å². The lowest BCUT2D eigenvalue weighted by Gasteiger charge is -2.33. The molecule has 0 aliphatic carbocycles. The first-order chi connectivity index (χ1) is 8.56. The fraction of sp³-hybridized carbons (Fsp3) is 0.667. The number of hydrogen-bond acceptors (Lipinski definition) is 5. The van der Waals surface area contributed by atoms with Crippen LogP contribution in [0.2, 0.25) is 0 Å². The molecule has 1 aliphatic heterocycles. The number of carbonyl (C=O) groups excluding carboxylic acids is 1. The number of amides is 1. The van der Waals surface area contributed by atoms with Gasteiger partial charge in [0.2, 0.25) is 0 Å². The van der Waals surface area contributed by atoms with Crippen molar-refractivity contribution in [1.82, 2.24) is 9.88 Å². The average molecular weight is 269 g/mol. The van der Waals surface area contributed by atoms with Crippen molar-refractivity contribution < 1.29 is 9.53 Å². The van der Waals surface area contributed by atoms with E-state index in [1.54, 1.807) is 6.20 Å². The molecule has 1 saturated heterocycles. The standard InChI is InChI=1S/C12H19N3O2S/c1-8(2)5-9-7-15(3-4-17-9)11(16)10-6-14-12(13)18-10/h6,8-9H,3-5,7H2,1-2H3,(H2,13,14)/t9-/m1/s1. The topological polar surface area (TPSA) is 68.5 Å². The van der Waals surface area contributed by atoms with Gasteiger partial charge in [0.25, 0.3) is 5.91 Å². The molecule has 1 amide bonds. The van der Waals surface area contributed by atoms with E-state index in [1.165, 1.54) is 11.3 Å². The molecular weight excluding hydrogens is 250 g/mol. The lowest BCUT2D eigenvalue weighted by molar-refractivity contribution is -0.0296. The molecular formula is C12H19N3O2S. The second-order valence-corrected chi connectivity index (χ2v) is 6.00. The Labute approximate surface area is 111 Å². The third kappa shape index (κ3) is 3.20. The molecule has 0 radical (unpaired) electrons. The van der Waals surface area contributed by atoms with Crippen molar-refractivity contribution in [2.75, 3.05) is 25.4 Å². The molecule has 1 aliphatic rings. The largest absolute Gasteiger partial charge is 0.375 e. The van der Waals surface area contributed by atoms with Gasteiger partial charge in [-0.15, -0.1) is 0 Å². The zero-order chi connectivity index (χ0) is 13.1. The van der Waals surface area contributed by atoms with Crippen LogP contribution in [0.5, 0.6) is 0 Å². The van der Waals surface area contributed by atoms with Crippen molar-refractivity contribution in [2.45, 2.75) is 26.4 Å². The van der Waals surface area contributed by atoms with Gasteiger partial charge < -0.3 is 15.4 Å². The monoisotopic (exact) mass is 269 g/mol. The summed E-state index contributed by atoms with van der Waals surface area (Å²) < 4.78 is 5.68. The van der Waals surface area contributed by atoms with Gasteiger partial charge in [0.05, 0.1) is 18.9 Å². The van der Waals surface area contributed by atoms with Gasteiger partial charge in [-0.2, -0.15) is 0 Å². The van der Waals surface area contributed by atoms with Crippen LogP contribution in [-0.2, 0) is 4.74 Å². The van der Waals surface area contributed by atoms with Crippen molar-refractivity contribution in [1.29, 1.82) is 0 Å². The molecule has 18 heavy (non-hydrogen) atoms. The predicted molar refractivity (Wildman–Crippen MR) is 71.6 cm³/mol. The highest BCUT2D eigenvalue weighted by molar-refractivity contribution is 7.17. The van der Waals surface area contributed by atoms with Crippen LogP contribution in [0.3, 0.4) is 0 Å². The molecule has 5 nitrogen and oxygen atoms in total. The maximum Gasteiger partial charge on any atom is 0.265 e. The number of nitrogens with two attached hydrogens (primary N) is 1. The van der Waals surface area contributed by atoms with Crippen LogP contribution in [0.15, 0.2) is 6.20 Å². The Bertz CT molecular complexity index is 419. The summed E-state index contributed by atoms with van der Waals surface area (Å²) in [6, 6.07) is 0. The summed E-state index contributed by atoms with van der Waals surface area (Å²) in [4.78, 5) is 18.6. The number of hydrogen-bond donors (Lipinski definition) is 1. The Kier molecular flexibility index (Phi) is 4.19. The Morgan fingerprint density at radius 1 is 1.72 bits per heavy atom. The van der Waals surface area contributed by atoms with E-state index in [0.29, 0.717) is 35.6 Å². The molecule has 1 aromatic rings. The molecule has 1 aromatic heterocycles. The Balaban J connectivity index is 1.98. The van der Waals surface area contributed by atoms with Crippen molar-refractivity contribution in [3.05, 3.63) is 11.1 Å². The second-order valence-electron chi connectivity index (χ2n) is 4.94. The molecule has 0 unspecified atom stereocenters. The maximum absolute atomic E-state index is 12.2. The van der Waals surface area contributed by atoms with E-state index in [0.717, 1.165) is 6.42 Å². The average Bonchev–Trinajstić information content (AvgIpc) is 2.74. The summed E-state index contributed by atoms with van der Waals surface area (Å²) in [6.07, 6.45) is 2.68. The SMILES string of the molecule is CC(C)C[C@@H]1CN(C(=O)c2cnc(N)s2)CCO1. The third-order valence-electron chi connectivity index (χ3n) is 2.89. The molecule has 2 rings (SSSR count). The van der Waals surface area contributed by atoms with Gasteiger partial charge in [-0.1, -0.05) is 25.2 Å². The number of anilines is 1. The molecule has 0 bridgehead atoms. The van der Waals surface area contributed by atoms with E-state index >= 15 is 0 Å². The van der Waals surface area contributed by atoms with Crippen molar-refractivity contribution in [3.63, 3.8) is 0 Å². The van der Waals surface area contributed by atoms with Gasteiger partial charge >= 0.3 is 0 Å². The van der Waals surface area contributed by atoms with Crippen LogP contribution in [0.4, 0.5) is 5.13 Å². The Morgan fingerprint density at radius 3 is 3.11 bits per heavy atom. The minimum absolute atomic E-state index is 0.0151. The summed E-state index contributed by atoms with van der Waals surface area (Å²) in [5, 5.41) is 0.435. The zero-order valence-electron chi connectivity index (χ0n) is 10.8. The number of rotatable bonds is 3. The quantitative estimate of drug-likeness (QED) is 0.905. The van der Waals surface area contributed by atoms with E-state index in [4.69, 9.17) is 10.5 Å². The lowest BCUT2D eigenvalue weighted by Crippen LogP contribution is -2.45. The minimum atomic E-state index is 0.0151. The molecule has 2 N–H and O–H groups in total. The number of carbonyl (C=O) groups is 1. The maximum atomic E-state index is 12.2. The number of aromatic nitrogens is 1. The number of nitrogens with zero attached hydrogens (tertiary/aromatic N) is 2. The van der Waals surface area contributed by atoms with Crippen LogP contribution in [0, 0.1) is 5.92 Å². The number of nitrogen functional groups attached to an aromatic ring is 1. The molecule has 6 heteroatoms. The zero-order valence-corrected chi connectivity index (χ0v) is 11.6. The highest BCUT2D eigenvalue weighted by Gasteiger charge is 2.26.